The highest BCUT2D eigenvalue weighted by Crippen LogP contribution is 2.37. The van der Waals surface area contributed by atoms with Crippen LogP contribution in [-0.4, -0.2) is 13.1 Å². The van der Waals surface area contributed by atoms with Crippen molar-refractivity contribution in [1.82, 2.24) is 5.32 Å². The van der Waals surface area contributed by atoms with Crippen LogP contribution in [-0.2, 0) is 0 Å². The van der Waals surface area contributed by atoms with E-state index in [9.17, 15) is 0 Å². The Morgan fingerprint density at radius 2 is 1.87 bits per heavy atom. The molecule has 84 valence electrons. The maximum absolute atomic E-state index is 6.13. The lowest BCUT2D eigenvalue weighted by molar-refractivity contribution is 0.764. The highest BCUT2D eigenvalue weighted by molar-refractivity contribution is 6.48. The van der Waals surface area contributed by atoms with E-state index in [1.807, 2.05) is 12.1 Å². The van der Waals surface area contributed by atoms with Gasteiger partial charge in [-0.3, -0.25) is 0 Å². The van der Waals surface area contributed by atoms with Gasteiger partial charge in [0, 0.05) is 6.54 Å². The molecule has 1 unspecified atom stereocenters. The van der Waals surface area contributed by atoms with Gasteiger partial charge in [0.1, 0.15) is 0 Å². The standard InChI is InChI=1S/C10H10Cl3N.ClH/c11-8-2-1-7(9(12)10(8)13)6-3-4-14-5-6;/h1-2,6,14H,3-5H2;1H. The third kappa shape index (κ3) is 2.72. The first kappa shape index (κ1) is 13.4. The minimum absolute atomic E-state index is 0. The summed E-state index contributed by atoms with van der Waals surface area (Å²) < 4.78 is 0. The van der Waals surface area contributed by atoms with Crippen molar-refractivity contribution < 1.29 is 0 Å². The van der Waals surface area contributed by atoms with E-state index in [-0.39, 0.29) is 12.4 Å². The van der Waals surface area contributed by atoms with Crippen molar-refractivity contribution >= 4 is 47.2 Å². The molecule has 1 heterocycles. The molecule has 1 nitrogen and oxygen atoms in total. The number of benzene rings is 1. The number of hydrogen-bond donors (Lipinski definition) is 1. The lowest BCUT2D eigenvalue weighted by atomic mass is 9.98. The van der Waals surface area contributed by atoms with Gasteiger partial charge in [0.15, 0.2) is 0 Å². The topological polar surface area (TPSA) is 12.0 Å². The van der Waals surface area contributed by atoms with Crippen molar-refractivity contribution in [2.24, 2.45) is 0 Å². The molecule has 5 heteroatoms. The van der Waals surface area contributed by atoms with Gasteiger partial charge >= 0.3 is 0 Å². The molecule has 0 amide bonds. The first-order valence-corrected chi connectivity index (χ1v) is 5.67. The quantitative estimate of drug-likeness (QED) is 0.765. The molecule has 15 heavy (non-hydrogen) atoms. The fraction of sp³-hybridized carbons (Fsp3) is 0.400. The molecule has 0 aromatic heterocycles. The van der Waals surface area contributed by atoms with Crippen LogP contribution in [0.15, 0.2) is 12.1 Å². The van der Waals surface area contributed by atoms with Crippen LogP contribution in [0, 0.1) is 0 Å². The molecule has 1 fully saturated rings. The Morgan fingerprint density at radius 1 is 1.13 bits per heavy atom. The minimum atomic E-state index is 0. The Morgan fingerprint density at radius 3 is 2.47 bits per heavy atom. The molecule has 0 spiro atoms. The van der Waals surface area contributed by atoms with Gasteiger partial charge in [-0.05, 0) is 30.5 Å². The summed E-state index contributed by atoms with van der Waals surface area (Å²) in [4.78, 5) is 0. The van der Waals surface area contributed by atoms with Gasteiger partial charge in [0.25, 0.3) is 0 Å². The van der Waals surface area contributed by atoms with Gasteiger partial charge in [0.2, 0.25) is 0 Å². The number of halogens is 4. The molecule has 0 saturated carbocycles. The fourth-order valence-corrected chi connectivity index (χ4v) is 2.47. The average molecular weight is 287 g/mol. The second-order valence-electron chi connectivity index (χ2n) is 3.45. The minimum Gasteiger partial charge on any atom is -0.316 e. The average Bonchev–Trinajstić information content (AvgIpc) is 2.67. The summed E-state index contributed by atoms with van der Waals surface area (Å²) in [6.07, 6.45) is 1.11. The van der Waals surface area contributed by atoms with Gasteiger partial charge in [-0.25, -0.2) is 0 Å². The molecule has 2 rings (SSSR count). The Labute approximate surface area is 110 Å². The Kier molecular flexibility index (Phi) is 5.01. The van der Waals surface area contributed by atoms with Crippen molar-refractivity contribution in [3.63, 3.8) is 0 Å². The van der Waals surface area contributed by atoms with E-state index in [4.69, 9.17) is 34.8 Å². The van der Waals surface area contributed by atoms with Crippen molar-refractivity contribution in [2.75, 3.05) is 13.1 Å². The molecule has 0 bridgehead atoms. The van der Waals surface area contributed by atoms with Crippen molar-refractivity contribution in [3.8, 4) is 0 Å². The smallest absolute Gasteiger partial charge is 0.0781 e. The molecule has 1 atom stereocenters. The van der Waals surface area contributed by atoms with Crippen molar-refractivity contribution in [2.45, 2.75) is 12.3 Å². The second kappa shape index (κ2) is 5.60. The van der Waals surface area contributed by atoms with Crippen LogP contribution < -0.4 is 5.32 Å². The number of nitrogens with one attached hydrogen (secondary N) is 1. The zero-order valence-corrected chi connectivity index (χ0v) is 11.0. The highest BCUT2D eigenvalue weighted by atomic mass is 35.5. The predicted molar refractivity (Wildman–Crippen MR) is 68.9 cm³/mol. The largest absolute Gasteiger partial charge is 0.316 e. The number of rotatable bonds is 1. The summed E-state index contributed by atoms with van der Waals surface area (Å²) in [6.45, 7) is 2.01. The van der Waals surface area contributed by atoms with Crippen LogP contribution in [0.4, 0.5) is 0 Å². The molecule has 1 aromatic rings. The molecule has 1 aliphatic heterocycles. The SMILES string of the molecule is Cl.Clc1ccc(C2CCNC2)c(Cl)c1Cl. The van der Waals surface area contributed by atoms with E-state index < -0.39 is 0 Å². The summed E-state index contributed by atoms with van der Waals surface area (Å²) >= 11 is 18.0. The van der Waals surface area contributed by atoms with E-state index in [2.05, 4.69) is 5.32 Å². The molecule has 1 N–H and O–H groups in total. The summed E-state index contributed by atoms with van der Waals surface area (Å²) in [6, 6.07) is 3.78. The van der Waals surface area contributed by atoms with Crippen LogP contribution >= 0.6 is 47.2 Å². The first-order valence-electron chi connectivity index (χ1n) is 4.54. The number of hydrogen-bond acceptors (Lipinski definition) is 1. The first-order chi connectivity index (χ1) is 6.70. The molecule has 1 aliphatic rings. The fourth-order valence-electron chi connectivity index (χ4n) is 1.78. The summed E-state index contributed by atoms with van der Waals surface area (Å²) in [5, 5.41) is 4.89. The van der Waals surface area contributed by atoms with Crippen LogP contribution in [0.1, 0.15) is 17.9 Å². The Balaban J connectivity index is 0.00000112. The van der Waals surface area contributed by atoms with E-state index in [0.717, 1.165) is 25.1 Å². The Hall–Kier alpha value is 0.340. The lowest BCUT2D eigenvalue weighted by Gasteiger charge is -2.12. The van der Waals surface area contributed by atoms with Gasteiger partial charge < -0.3 is 5.32 Å². The van der Waals surface area contributed by atoms with Crippen LogP contribution in [0.25, 0.3) is 0 Å². The summed E-state index contributed by atoms with van der Waals surface area (Å²) in [7, 11) is 0. The van der Waals surface area contributed by atoms with E-state index in [0.29, 0.717) is 21.0 Å². The molecule has 0 radical (unpaired) electrons. The maximum atomic E-state index is 6.13. The lowest BCUT2D eigenvalue weighted by Crippen LogP contribution is -2.08. The van der Waals surface area contributed by atoms with Crippen molar-refractivity contribution in [3.05, 3.63) is 32.8 Å². The van der Waals surface area contributed by atoms with E-state index in [1.54, 1.807) is 0 Å². The maximum Gasteiger partial charge on any atom is 0.0781 e. The zero-order chi connectivity index (χ0) is 10.1. The zero-order valence-electron chi connectivity index (χ0n) is 7.90. The molecular formula is C10H11Cl4N. The normalized spacial score (nSPS) is 20.1. The van der Waals surface area contributed by atoms with Crippen LogP contribution in [0.3, 0.4) is 0 Å². The van der Waals surface area contributed by atoms with Gasteiger partial charge in [0.05, 0.1) is 15.1 Å². The highest BCUT2D eigenvalue weighted by Gasteiger charge is 2.20. The van der Waals surface area contributed by atoms with Crippen molar-refractivity contribution in [1.29, 1.82) is 0 Å². The summed E-state index contributed by atoms with van der Waals surface area (Å²) in [5.41, 5.74) is 1.10. The monoisotopic (exact) mass is 285 g/mol. The third-order valence-corrected chi connectivity index (χ3v) is 3.87. The van der Waals surface area contributed by atoms with Gasteiger partial charge in [-0.2, -0.15) is 0 Å². The third-order valence-electron chi connectivity index (χ3n) is 2.57. The Bertz CT molecular complexity index is 348. The van der Waals surface area contributed by atoms with E-state index >= 15 is 0 Å². The predicted octanol–water partition coefficient (Wildman–Crippen LogP) is 4.15. The molecule has 1 aromatic carbocycles. The van der Waals surface area contributed by atoms with Gasteiger partial charge in [-0.1, -0.05) is 40.9 Å². The molecule has 0 aliphatic carbocycles. The van der Waals surface area contributed by atoms with Gasteiger partial charge in [-0.15, -0.1) is 12.4 Å². The second-order valence-corrected chi connectivity index (χ2v) is 4.62. The van der Waals surface area contributed by atoms with Crippen LogP contribution in [0.5, 0.6) is 0 Å². The molecular weight excluding hydrogens is 276 g/mol. The van der Waals surface area contributed by atoms with Crippen LogP contribution in [0.2, 0.25) is 15.1 Å². The van der Waals surface area contributed by atoms with E-state index in [1.165, 1.54) is 0 Å². The summed E-state index contributed by atoms with van der Waals surface area (Å²) in [5.74, 6) is 0.470. The molecule has 1 saturated heterocycles.